The summed E-state index contributed by atoms with van der Waals surface area (Å²) in [5.41, 5.74) is -1.54. The number of ether oxygens (including phenoxy) is 2. The Morgan fingerprint density at radius 3 is 2.29 bits per heavy atom. The Hall–Kier alpha value is -3.58. The Labute approximate surface area is 239 Å². The molecule has 0 bridgehead atoms. The van der Waals surface area contributed by atoms with Crippen molar-refractivity contribution in [3.05, 3.63) is 94.3 Å². The van der Waals surface area contributed by atoms with Gasteiger partial charge in [-0.15, -0.1) is 0 Å². The monoisotopic (exact) mass is 617 g/mol. The molecule has 0 radical (unpaired) electrons. The minimum Gasteiger partial charge on any atom is -0.493 e. The Bertz CT molecular complexity index is 1510. The zero-order valence-electron chi connectivity index (χ0n) is 23.0. The van der Waals surface area contributed by atoms with E-state index in [1.807, 2.05) is 6.92 Å². The molecule has 13 heteroatoms. The average Bonchev–Trinajstić information content (AvgIpc) is 2.90. The van der Waals surface area contributed by atoms with Crippen molar-refractivity contribution in [1.82, 2.24) is 4.90 Å². The van der Waals surface area contributed by atoms with Crippen molar-refractivity contribution < 1.29 is 49.0 Å². The smallest absolute Gasteiger partial charge is 0.419 e. The number of hydrogen-bond acceptors (Lipinski definition) is 6. The number of carbonyl (C=O) groups is 1. The number of carbonyl (C=O) groups excluding carboxylic acids is 1. The molecule has 0 heterocycles. The number of sulfone groups is 1. The number of alkyl halides is 3. The van der Waals surface area contributed by atoms with Gasteiger partial charge in [0.1, 0.15) is 28.8 Å². The molecule has 1 atom stereocenters. The lowest BCUT2D eigenvalue weighted by atomic mass is 10.00. The minimum absolute atomic E-state index is 0.0767. The van der Waals surface area contributed by atoms with Crippen LogP contribution in [0.4, 0.5) is 26.3 Å². The number of methoxy groups -OCH3 is 1. The Balaban J connectivity index is 1.79. The maximum Gasteiger partial charge on any atom is 0.419 e. The summed E-state index contributed by atoms with van der Waals surface area (Å²) in [6, 6.07) is 10.6. The first kappa shape index (κ1) is 32.9. The van der Waals surface area contributed by atoms with Gasteiger partial charge in [-0.3, -0.25) is 4.90 Å². The van der Waals surface area contributed by atoms with Crippen LogP contribution < -0.4 is 4.74 Å². The van der Waals surface area contributed by atoms with Crippen molar-refractivity contribution >= 4 is 15.8 Å². The second-order valence-electron chi connectivity index (χ2n) is 9.71. The van der Waals surface area contributed by atoms with Crippen LogP contribution in [0, 0.1) is 17.5 Å². The molecule has 0 aliphatic rings. The lowest BCUT2D eigenvalue weighted by molar-refractivity contribution is -0.140. The molecular weight excluding hydrogens is 588 g/mol. The molecule has 0 spiro atoms. The fourth-order valence-electron chi connectivity index (χ4n) is 4.39. The van der Waals surface area contributed by atoms with E-state index in [0.29, 0.717) is 6.07 Å². The van der Waals surface area contributed by atoms with Gasteiger partial charge in [-0.2, -0.15) is 13.2 Å². The van der Waals surface area contributed by atoms with Crippen LogP contribution in [0.2, 0.25) is 0 Å². The van der Waals surface area contributed by atoms with Gasteiger partial charge in [-0.25, -0.2) is 26.4 Å². The molecule has 3 aromatic carbocycles. The van der Waals surface area contributed by atoms with Gasteiger partial charge in [0.05, 0.1) is 24.2 Å². The van der Waals surface area contributed by atoms with Gasteiger partial charge in [0, 0.05) is 37.5 Å². The molecule has 228 valence electrons. The van der Waals surface area contributed by atoms with Gasteiger partial charge in [0.25, 0.3) is 0 Å². The molecule has 6 nitrogen and oxygen atoms in total. The van der Waals surface area contributed by atoms with Crippen LogP contribution in [0.3, 0.4) is 0 Å². The fraction of sp³-hybridized carbons (Fsp3) is 0.345. The van der Waals surface area contributed by atoms with Crippen LogP contribution >= 0.6 is 0 Å². The van der Waals surface area contributed by atoms with Crippen molar-refractivity contribution in [3.8, 4) is 5.75 Å². The van der Waals surface area contributed by atoms with Gasteiger partial charge in [0.15, 0.2) is 9.84 Å². The van der Waals surface area contributed by atoms with Gasteiger partial charge in [0.2, 0.25) is 0 Å². The minimum atomic E-state index is -4.87. The molecule has 3 rings (SSSR count). The summed E-state index contributed by atoms with van der Waals surface area (Å²) >= 11 is 0. The maximum atomic E-state index is 14.8. The molecule has 1 unspecified atom stereocenters. The topological polar surface area (TPSA) is 72.9 Å². The van der Waals surface area contributed by atoms with Gasteiger partial charge >= 0.3 is 12.1 Å². The molecule has 3 aromatic rings. The van der Waals surface area contributed by atoms with Crippen molar-refractivity contribution in [2.45, 2.75) is 36.9 Å². The SMILES string of the molecule is COC(=O)c1c(F)cc(OCCCN(Cc2cccc(C(F)(F)F)c2F)CC(C)c2ccc(F)cc2)cc1S(C)(=O)=O. The van der Waals surface area contributed by atoms with Crippen molar-refractivity contribution in [2.75, 3.05) is 33.1 Å². The molecule has 0 N–H and O–H groups in total. The van der Waals surface area contributed by atoms with Gasteiger partial charge in [-0.05, 0) is 42.2 Å². The highest BCUT2D eigenvalue weighted by Gasteiger charge is 2.35. The lowest BCUT2D eigenvalue weighted by Crippen LogP contribution is -2.30. The summed E-state index contributed by atoms with van der Waals surface area (Å²) in [6.07, 6.45) is -3.85. The quantitative estimate of drug-likeness (QED) is 0.133. The van der Waals surface area contributed by atoms with E-state index < -0.39 is 55.5 Å². The van der Waals surface area contributed by atoms with E-state index in [1.165, 1.54) is 18.2 Å². The van der Waals surface area contributed by atoms with E-state index in [1.54, 1.807) is 17.0 Å². The highest BCUT2D eigenvalue weighted by atomic mass is 32.2. The van der Waals surface area contributed by atoms with Crippen LogP contribution in [-0.2, 0) is 27.3 Å². The molecule has 0 aromatic heterocycles. The second kappa shape index (κ2) is 13.6. The Kier molecular flexibility index (Phi) is 10.7. The average molecular weight is 618 g/mol. The van der Waals surface area contributed by atoms with Crippen LogP contribution in [0.25, 0.3) is 0 Å². The molecule has 0 saturated carbocycles. The number of esters is 1. The van der Waals surface area contributed by atoms with E-state index in [2.05, 4.69) is 4.74 Å². The molecular formula is C29H29F6NO5S. The third kappa shape index (κ3) is 8.48. The molecule has 0 aliphatic carbocycles. The number of halogens is 6. The zero-order chi connectivity index (χ0) is 31.2. The van der Waals surface area contributed by atoms with Crippen LogP contribution in [0.1, 0.15) is 46.3 Å². The largest absolute Gasteiger partial charge is 0.493 e. The van der Waals surface area contributed by atoms with E-state index in [4.69, 9.17) is 4.74 Å². The summed E-state index contributed by atoms with van der Waals surface area (Å²) in [5, 5.41) is 0. The molecule has 0 saturated heterocycles. The van der Waals surface area contributed by atoms with Crippen molar-refractivity contribution in [2.24, 2.45) is 0 Å². The summed E-state index contributed by atoms with van der Waals surface area (Å²) in [7, 11) is -3.06. The number of rotatable bonds is 12. The fourth-order valence-corrected chi connectivity index (χ4v) is 5.27. The van der Waals surface area contributed by atoms with Gasteiger partial charge < -0.3 is 9.47 Å². The Morgan fingerprint density at radius 2 is 1.69 bits per heavy atom. The van der Waals surface area contributed by atoms with E-state index in [-0.39, 0.29) is 49.9 Å². The maximum absolute atomic E-state index is 14.8. The first-order chi connectivity index (χ1) is 19.6. The highest BCUT2D eigenvalue weighted by molar-refractivity contribution is 7.90. The molecule has 42 heavy (non-hydrogen) atoms. The zero-order valence-corrected chi connectivity index (χ0v) is 23.8. The Morgan fingerprint density at radius 1 is 1.02 bits per heavy atom. The standard InChI is InChI=1S/C29H29F6NO5S/c1-18(19-8-10-21(30)11-9-19)16-36(17-20-6-4-7-23(27(20)32)29(33,34)35)12-5-13-41-22-14-24(31)26(28(37)40-2)25(15-22)42(3,38)39/h4,6-11,14-15,18H,5,12-13,16-17H2,1-3H3. The van der Waals surface area contributed by atoms with Crippen LogP contribution in [0.15, 0.2) is 59.5 Å². The summed E-state index contributed by atoms with van der Waals surface area (Å²) in [4.78, 5) is 13.0. The third-order valence-electron chi connectivity index (χ3n) is 6.45. The summed E-state index contributed by atoms with van der Waals surface area (Å²) in [5.74, 6) is -4.52. The molecule has 0 aliphatic heterocycles. The number of benzene rings is 3. The predicted molar refractivity (Wildman–Crippen MR) is 142 cm³/mol. The van der Waals surface area contributed by atoms with Crippen molar-refractivity contribution in [3.63, 3.8) is 0 Å². The lowest BCUT2D eigenvalue weighted by Gasteiger charge is -2.27. The van der Waals surface area contributed by atoms with E-state index in [0.717, 1.165) is 37.1 Å². The first-order valence-corrected chi connectivity index (χ1v) is 14.6. The number of nitrogens with zero attached hydrogens (tertiary/aromatic N) is 1. The highest BCUT2D eigenvalue weighted by Crippen LogP contribution is 2.33. The first-order valence-electron chi connectivity index (χ1n) is 12.7. The summed E-state index contributed by atoms with van der Waals surface area (Å²) < 4.78 is 117. The molecule has 0 amide bonds. The van der Waals surface area contributed by atoms with Crippen molar-refractivity contribution in [1.29, 1.82) is 0 Å². The normalized spacial score (nSPS) is 12.8. The third-order valence-corrected chi connectivity index (χ3v) is 7.57. The van der Waals surface area contributed by atoms with Crippen LogP contribution in [-0.4, -0.2) is 52.3 Å². The molecule has 0 fully saturated rings. The second-order valence-corrected chi connectivity index (χ2v) is 11.7. The van der Waals surface area contributed by atoms with E-state index in [9.17, 15) is 39.6 Å². The van der Waals surface area contributed by atoms with Crippen LogP contribution in [0.5, 0.6) is 5.75 Å². The number of hydrogen-bond donors (Lipinski definition) is 0. The predicted octanol–water partition coefficient (Wildman–Crippen LogP) is 6.39. The van der Waals surface area contributed by atoms with Gasteiger partial charge in [-0.1, -0.05) is 31.2 Å². The summed E-state index contributed by atoms with van der Waals surface area (Å²) in [6.45, 7) is 2.04. The van der Waals surface area contributed by atoms with E-state index >= 15 is 0 Å².